The van der Waals surface area contributed by atoms with E-state index in [4.69, 9.17) is 5.10 Å². The first kappa shape index (κ1) is 16.8. The minimum absolute atomic E-state index is 0.0675. The first-order chi connectivity index (χ1) is 12.5. The third-order valence-electron chi connectivity index (χ3n) is 5.12. The summed E-state index contributed by atoms with van der Waals surface area (Å²) in [6.45, 7) is 6.98. The van der Waals surface area contributed by atoms with Crippen molar-refractivity contribution in [1.82, 2.24) is 24.1 Å². The zero-order chi connectivity index (χ0) is 18.4. The van der Waals surface area contributed by atoms with Gasteiger partial charge in [-0.1, -0.05) is 19.9 Å². The van der Waals surface area contributed by atoms with Gasteiger partial charge in [0.15, 0.2) is 5.52 Å². The molecule has 0 bridgehead atoms. The van der Waals surface area contributed by atoms with Gasteiger partial charge in [-0.05, 0) is 31.4 Å². The van der Waals surface area contributed by atoms with E-state index in [1.165, 1.54) is 0 Å². The molecule has 7 heteroatoms. The number of hydrogen-bond acceptors (Lipinski definition) is 5. The van der Waals surface area contributed by atoms with E-state index in [0.717, 1.165) is 36.5 Å². The maximum atomic E-state index is 12.9. The van der Waals surface area contributed by atoms with Gasteiger partial charge in [0.05, 0.1) is 12.2 Å². The molecule has 7 nitrogen and oxygen atoms in total. The molecule has 0 radical (unpaired) electrons. The Morgan fingerprint density at radius 1 is 1.19 bits per heavy atom. The Morgan fingerprint density at radius 3 is 2.69 bits per heavy atom. The zero-order valence-corrected chi connectivity index (χ0v) is 15.7. The van der Waals surface area contributed by atoms with Crippen LogP contribution in [0.5, 0.6) is 0 Å². The molecule has 4 rings (SSSR count). The Balaban J connectivity index is 1.84. The second-order valence-electron chi connectivity index (χ2n) is 7.32. The van der Waals surface area contributed by atoms with Crippen molar-refractivity contribution in [3.63, 3.8) is 0 Å². The quantitative estimate of drug-likeness (QED) is 0.725. The van der Waals surface area contributed by atoms with Gasteiger partial charge in [0.1, 0.15) is 5.82 Å². The average Bonchev–Trinajstić information content (AvgIpc) is 3.25. The van der Waals surface area contributed by atoms with E-state index in [1.807, 2.05) is 19.2 Å². The highest BCUT2D eigenvalue weighted by Gasteiger charge is 2.30. The Hall–Kier alpha value is -2.70. The Kier molecular flexibility index (Phi) is 4.01. The molecule has 1 aliphatic rings. The summed E-state index contributed by atoms with van der Waals surface area (Å²) in [5, 5.41) is 4.81. The minimum Gasteiger partial charge on any atom is -0.334 e. The van der Waals surface area contributed by atoms with E-state index in [-0.39, 0.29) is 17.5 Å². The van der Waals surface area contributed by atoms with Crippen LogP contribution in [0.2, 0.25) is 0 Å². The smallest absolute Gasteiger partial charge is 0.280 e. The molecule has 3 aromatic rings. The summed E-state index contributed by atoms with van der Waals surface area (Å²) in [4.78, 5) is 23.9. The number of imidazole rings is 1. The van der Waals surface area contributed by atoms with Gasteiger partial charge in [-0.2, -0.15) is 0 Å². The largest absolute Gasteiger partial charge is 0.334 e. The summed E-state index contributed by atoms with van der Waals surface area (Å²) in [5.74, 6) is 1.69. The fourth-order valence-electron chi connectivity index (χ4n) is 3.70. The van der Waals surface area contributed by atoms with Crippen molar-refractivity contribution in [3.05, 3.63) is 52.0 Å². The monoisotopic (exact) mass is 352 g/mol. The maximum absolute atomic E-state index is 12.9. The second-order valence-corrected chi connectivity index (χ2v) is 7.32. The fraction of sp³-hybridized carbons (Fsp3) is 0.474. The molecule has 4 heterocycles. The lowest BCUT2D eigenvalue weighted by molar-refractivity contribution is 0.633. The maximum Gasteiger partial charge on any atom is 0.280 e. The van der Waals surface area contributed by atoms with E-state index >= 15 is 0 Å². The van der Waals surface area contributed by atoms with Crippen LogP contribution in [0, 0.1) is 6.92 Å². The van der Waals surface area contributed by atoms with Crippen LogP contribution in [0.4, 0.5) is 5.95 Å². The number of anilines is 1. The standard InChI is InChI=1S/C19H24N6O/c1-12(2)17-21-11-16-18(26)23(4)19(22-25(16)17)24-9-5-6-15(24)14-8-7-13(3)20-10-14/h7-8,10-12,15H,5-6,9H2,1-4H3. The molecule has 1 atom stereocenters. The number of nitrogens with zero attached hydrogens (tertiary/aromatic N) is 6. The molecule has 1 saturated heterocycles. The summed E-state index contributed by atoms with van der Waals surface area (Å²) in [6, 6.07) is 4.34. The van der Waals surface area contributed by atoms with E-state index < -0.39 is 0 Å². The van der Waals surface area contributed by atoms with Crippen LogP contribution >= 0.6 is 0 Å². The second kappa shape index (κ2) is 6.23. The van der Waals surface area contributed by atoms with Gasteiger partial charge < -0.3 is 4.90 Å². The number of hydrogen-bond donors (Lipinski definition) is 0. The van der Waals surface area contributed by atoms with Crippen molar-refractivity contribution < 1.29 is 0 Å². The number of rotatable bonds is 3. The first-order valence-electron chi connectivity index (χ1n) is 9.11. The molecule has 1 unspecified atom stereocenters. The van der Waals surface area contributed by atoms with E-state index in [1.54, 1.807) is 22.3 Å². The Morgan fingerprint density at radius 2 is 2.00 bits per heavy atom. The Labute approximate surface area is 152 Å². The van der Waals surface area contributed by atoms with Gasteiger partial charge >= 0.3 is 0 Å². The molecule has 0 amide bonds. The van der Waals surface area contributed by atoms with E-state index in [9.17, 15) is 4.79 Å². The molecular weight excluding hydrogens is 328 g/mol. The molecule has 26 heavy (non-hydrogen) atoms. The molecule has 1 fully saturated rings. The van der Waals surface area contributed by atoms with Gasteiger partial charge in [0, 0.05) is 31.4 Å². The van der Waals surface area contributed by atoms with Gasteiger partial charge in [-0.3, -0.25) is 14.3 Å². The Bertz CT molecular complexity index is 1000. The zero-order valence-electron chi connectivity index (χ0n) is 15.7. The SMILES string of the molecule is Cc1ccc(C2CCCN2c2nn3c(C(C)C)ncc3c(=O)n2C)cn1. The van der Waals surface area contributed by atoms with Crippen molar-refractivity contribution in [2.24, 2.45) is 7.05 Å². The molecular formula is C19H24N6O. The molecule has 0 spiro atoms. The van der Waals surface area contributed by atoms with Crippen molar-refractivity contribution in [2.75, 3.05) is 11.4 Å². The van der Waals surface area contributed by atoms with Crippen molar-refractivity contribution in [2.45, 2.75) is 45.6 Å². The number of pyridine rings is 1. The highest BCUT2D eigenvalue weighted by Crippen LogP contribution is 2.34. The lowest BCUT2D eigenvalue weighted by Crippen LogP contribution is -2.33. The molecule has 0 aliphatic carbocycles. The lowest BCUT2D eigenvalue weighted by Gasteiger charge is -2.27. The van der Waals surface area contributed by atoms with Crippen LogP contribution < -0.4 is 10.5 Å². The summed E-state index contributed by atoms with van der Waals surface area (Å²) in [7, 11) is 1.79. The van der Waals surface area contributed by atoms with Crippen molar-refractivity contribution in [3.8, 4) is 0 Å². The number of fused-ring (bicyclic) bond motifs is 1. The van der Waals surface area contributed by atoms with Gasteiger partial charge in [0.25, 0.3) is 5.56 Å². The number of aryl methyl sites for hydroxylation is 1. The van der Waals surface area contributed by atoms with E-state index in [0.29, 0.717) is 11.5 Å². The molecule has 136 valence electrons. The number of aromatic nitrogens is 5. The van der Waals surface area contributed by atoms with Gasteiger partial charge in [0.2, 0.25) is 5.95 Å². The topological polar surface area (TPSA) is 68.3 Å². The summed E-state index contributed by atoms with van der Waals surface area (Å²) in [5.41, 5.74) is 2.62. The highest BCUT2D eigenvalue weighted by atomic mass is 16.1. The van der Waals surface area contributed by atoms with Crippen molar-refractivity contribution >= 4 is 11.5 Å². The van der Waals surface area contributed by atoms with Crippen LogP contribution in [0.1, 0.15) is 55.7 Å². The molecule has 0 aromatic carbocycles. The van der Waals surface area contributed by atoms with Crippen LogP contribution in [-0.4, -0.2) is 30.7 Å². The van der Waals surface area contributed by atoms with Gasteiger partial charge in [-0.25, -0.2) is 9.50 Å². The lowest BCUT2D eigenvalue weighted by atomic mass is 10.1. The van der Waals surface area contributed by atoms with Crippen LogP contribution in [0.3, 0.4) is 0 Å². The average molecular weight is 352 g/mol. The molecule has 1 aliphatic heterocycles. The summed E-state index contributed by atoms with van der Waals surface area (Å²) >= 11 is 0. The fourth-order valence-corrected chi connectivity index (χ4v) is 3.70. The molecule has 0 N–H and O–H groups in total. The molecule has 3 aromatic heterocycles. The normalized spacial score (nSPS) is 17.6. The first-order valence-corrected chi connectivity index (χ1v) is 9.11. The third kappa shape index (κ3) is 2.58. The minimum atomic E-state index is -0.0675. The van der Waals surface area contributed by atoms with Crippen LogP contribution in [0.25, 0.3) is 5.52 Å². The van der Waals surface area contributed by atoms with Crippen molar-refractivity contribution in [1.29, 1.82) is 0 Å². The van der Waals surface area contributed by atoms with Crippen LogP contribution in [-0.2, 0) is 7.05 Å². The highest BCUT2D eigenvalue weighted by molar-refractivity contribution is 5.47. The van der Waals surface area contributed by atoms with Gasteiger partial charge in [-0.15, -0.1) is 5.10 Å². The predicted molar refractivity (Wildman–Crippen MR) is 101 cm³/mol. The summed E-state index contributed by atoms with van der Waals surface area (Å²) < 4.78 is 3.35. The summed E-state index contributed by atoms with van der Waals surface area (Å²) in [6.07, 6.45) is 5.65. The third-order valence-corrected chi connectivity index (χ3v) is 5.12. The van der Waals surface area contributed by atoms with E-state index in [2.05, 4.69) is 34.8 Å². The predicted octanol–water partition coefficient (Wildman–Crippen LogP) is 2.60. The van der Waals surface area contributed by atoms with Crippen LogP contribution in [0.15, 0.2) is 29.3 Å². The molecule has 0 saturated carbocycles.